The fraction of sp³-hybridized carbons (Fsp3) is 0.0714. The second kappa shape index (κ2) is 4.00. The van der Waals surface area contributed by atoms with Gasteiger partial charge in [0.25, 0.3) is 0 Å². The number of aromatic nitrogens is 2. The van der Waals surface area contributed by atoms with Gasteiger partial charge in [0.1, 0.15) is 10.4 Å². The lowest BCUT2D eigenvalue weighted by Gasteiger charge is -2.00. The van der Waals surface area contributed by atoms with Crippen LogP contribution in [0, 0.1) is 6.92 Å². The van der Waals surface area contributed by atoms with Gasteiger partial charge in [-0.3, -0.25) is 0 Å². The van der Waals surface area contributed by atoms with Crippen LogP contribution in [0.25, 0.3) is 22.2 Å². The zero-order chi connectivity index (χ0) is 11.8. The highest BCUT2D eigenvalue weighted by Gasteiger charge is 2.06. The van der Waals surface area contributed by atoms with E-state index in [1.165, 1.54) is 10.8 Å². The third-order valence-electron chi connectivity index (χ3n) is 2.85. The minimum atomic E-state index is 0.903. The monoisotopic (exact) mass is 286 g/mol. The first-order chi connectivity index (χ1) is 8.24. The van der Waals surface area contributed by atoms with E-state index in [1.54, 1.807) is 0 Å². The molecule has 2 nitrogen and oxygen atoms in total. The molecule has 17 heavy (non-hydrogen) atoms. The summed E-state index contributed by atoms with van der Waals surface area (Å²) in [4.78, 5) is 7.72. The molecule has 0 spiro atoms. The number of rotatable bonds is 1. The maximum absolute atomic E-state index is 4.48. The molecule has 0 bridgehead atoms. The zero-order valence-electron chi connectivity index (χ0n) is 9.37. The third-order valence-corrected chi connectivity index (χ3v) is 3.62. The highest BCUT2D eigenvalue weighted by Crippen LogP contribution is 2.24. The van der Waals surface area contributed by atoms with Crippen molar-refractivity contribution in [2.45, 2.75) is 6.92 Å². The number of hydrogen-bond donors (Lipinski definition) is 1. The van der Waals surface area contributed by atoms with Crippen molar-refractivity contribution < 1.29 is 0 Å². The number of fused-ring (bicyclic) bond motifs is 1. The molecule has 0 aliphatic carbocycles. The molecule has 2 aromatic carbocycles. The molecular formula is C14H11BrN2. The van der Waals surface area contributed by atoms with Crippen molar-refractivity contribution in [3.63, 3.8) is 0 Å². The van der Waals surface area contributed by atoms with Gasteiger partial charge in [-0.2, -0.15) is 0 Å². The fourth-order valence-corrected chi connectivity index (χ4v) is 2.19. The van der Waals surface area contributed by atoms with Crippen LogP contribution in [0.4, 0.5) is 0 Å². The molecule has 1 aromatic heterocycles. The number of nitrogens with one attached hydrogen (secondary N) is 1. The van der Waals surface area contributed by atoms with Crippen LogP contribution in [-0.4, -0.2) is 9.97 Å². The van der Waals surface area contributed by atoms with Gasteiger partial charge in [0.2, 0.25) is 0 Å². The van der Waals surface area contributed by atoms with Crippen molar-refractivity contribution in [3.05, 3.63) is 52.8 Å². The Labute approximate surface area is 108 Å². The average Bonchev–Trinajstić information content (AvgIpc) is 2.69. The summed E-state index contributed by atoms with van der Waals surface area (Å²) in [6.07, 6.45) is 0. The van der Waals surface area contributed by atoms with Gasteiger partial charge in [0.05, 0.1) is 5.69 Å². The van der Waals surface area contributed by atoms with Crippen LogP contribution in [0.2, 0.25) is 0 Å². The lowest BCUT2D eigenvalue weighted by atomic mass is 10.1. The molecular weight excluding hydrogens is 276 g/mol. The lowest BCUT2D eigenvalue weighted by molar-refractivity contribution is 1.25. The van der Waals surface area contributed by atoms with E-state index in [2.05, 4.69) is 68.4 Å². The van der Waals surface area contributed by atoms with Gasteiger partial charge in [0.15, 0.2) is 0 Å². The van der Waals surface area contributed by atoms with E-state index in [9.17, 15) is 0 Å². The number of nitrogens with zero attached hydrogens (tertiary/aromatic N) is 1. The van der Waals surface area contributed by atoms with E-state index in [1.807, 2.05) is 6.92 Å². The number of H-pyrrole nitrogens is 1. The first-order valence-corrected chi connectivity index (χ1v) is 6.24. The molecule has 0 aliphatic heterocycles. The van der Waals surface area contributed by atoms with Crippen LogP contribution in [-0.2, 0) is 0 Å². The van der Waals surface area contributed by atoms with Gasteiger partial charge >= 0.3 is 0 Å². The Bertz CT molecular complexity index is 666. The molecule has 3 rings (SSSR count). The van der Waals surface area contributed by atoms with Crippen LogP contribution in [0.5, 0.6) is 0 Å². The molecule has 1 heterocycles. The van der Waals surface area contributed by atoms with Crippen molar-refractivity contribution >= 4 is 26.7 Å². The van der Waals surface area contributed by atoms with Gasteiger partial charge < -0.3 is 4.98 Å². The van der Waals surface area contributed by atoms with Crippen molar-refractivity contribution in [3.8, 4) is 11.4 Å². The fourth-order valence-electron chi connectivity index (χ4n) is 1.91. The van der Waals surface area contributed by atoms with E-state index in [0.29, 0.717) is 0 Å². The smallest absolute Gasteiger partial charge is 0.138 e. The van der Waals surface area contributed by atoms with Gasteiger partial charge in [0, 0.05) is 5.56 Å². The maximum Gasteiger partial charge on any atom is 0.138 e. The number of imidazole rings is 1. The third kappa shape index (κ3) is 1.87. The molecule has 1 N–H and O–H groups in total. The van der Waals surface area contributed by atoms with Crippen molar-refractivity contribution in [1.29, 1.82) is 0 Å². The van der Waals surface area contributed by atoms with E-state index >= 15 is 0 Å². The molecule has 0 radical (unpaired) electrons. The second-order valence-electron chi connectivity index (χ2n) is 4.05. The largest absolute Gasteiger partial charge is 0.332 e. The first-order valence-electron chi connectivity index (χ1n) is 5.45. The average molecular weight is 287 g/mol. The number of aryl methyl sites for hydroxylation is 1. The highest BCUT2D eigenvalue weighted by atomic mass is 79.9. The summed E-state index contributed by atoms with van der Waals surface area (Å²) in [6, 6.07) is 14.7. The molecule has 0 atom stereocenters. The summed E-state index contributed by atoms with van der Waals surface area (Å²) in [5, 5.41) is 2.48. The zero-order valence-corrected chi connectivity index (χ0v) is 11.0. The van der Waals surface area contributed by atoms with Crippen LogP contribution in [0.1, 0.15) is 5.69 Å². The molecule has 0 amide bonds. The molecule has 3 heteroatoms. The highest BCUT2D eigenvalue weighted by molar-refractivity contribution is 9.10. The van der Waals surface area contributed by atoms with E-state index in [4.69, 9.17) is 0 Å². The van der Waals surface area contributed by atoms with Crippen LogP contribution in [0.15, 0.2) is 47.1 Å². The first kappa shape index (κ1) is 10.5. The minimum absolute atomic E-state index is 0.903. The standard InChI is InChI=1S/C14H11BrN2/c1-9-13(15)17-14(16-9)12-7-6-10-4-2-3-5-11(10)8-12/h2-8H,1H3,(H,16,17). The van der Waals surface area contributed by atoms with Gasteiger partial charge in [-0.05, 0) is 39.7 Å². The quantitative estimate of drug-likeness (QED) is 0.710. The number of hydrogen-bond acceptors (Lipinski definition) is 1. The SMILES string of the molecule is Cc1nc(-c2ccc3ccccc3c2)[nH]c1Br. The van der Waals surface area contributed by atoms with Crippen molar-refractivity contribution in [1.82, 2.24) is 9.97 Å². The predicted molar refractivity (Wildman–Crippen MR) is 74.0 cm³/mol. The number of benzene rings is 2. The Morgan fingerprint density at radius 3 is 2.53 bits per heavy atom. The molecule has 84 valence electrons. The predicted octanol–water partition coefficient (Wildman–Crippen LogP) is 4.30. The van der Waals surface area contributed by atoms with Gasteiger partial charge in [-0.25, -0.2) is 4.98 Å². The summed E-state index contributed by atoms with van der Waals surface area (Å²) in [5.74, 6) is 0.903. The van der Waals surface area contributed by atoms with E-state index in [0.717, 1.165) is 21.7 Å². The molecule has 0 saturated carbocycles. The minimum Gasteiger partial charge on any atom is -0.332 e. The Kier molecular flexibility index (Phi) is 2.48. The van der Waals surface area contributed by atoms with E-state index < -0.39 is 0 Å². The second-order valence-corrected chi connectivity index (χ2v) is 4.84. The summed E-state index contributed by atoms with van der Waals surface area (Å²) in [5.41, 5.74) is 2.09. The molecule has 0 fully saturated rings. The van der Waals surface area contributed by atoms with Gasteiger partial charge in [-0.15, -0.1) is 0 Å². The van der Waals surface area contributed by atoms with Crippen LogP contribution in [0.3, 0.4) is 0 Å². The number of halogens is 1. The lowest BCUT2D eigenvalue weighted by Crippen LogP contribution is -1.81. The molecule has 0 saturated heterocycles. The summed E-state index contributed by atoms with van der Waals surface area (Å²) in [7, 11) is 0. The molecule has 3 aromatic rings. The Balaban J connectivity index is 2.17. The maximum atomic E-state index is 4.48. The normalized spacial score (nSPS) is 10.9. The van der Waals surface area contributed by atoms with Gasteiger partial charge in [-0.1, -0.05) is 36.4 Å². The number of aromatic amines is 1. The van der Waals surface area contributed by atoms with Crippen LogP contribution >= 0.6 is 15.9 Å². The molecule has 0 unspecified atom stereocenters. The van der Waals surface area contributed by atoms with Crippen molar-refractivity contribution in [2.24, 2.45) is 0 Å². The topological polar surface area (TPSA) is 28.7 Å². The Hall–Kier alpha value is -1.61. The summed E-state index contributed by atoms with van der Waals surface area (Å²) >= 11 is 3.45. The molecule has 0 aliphatic rings. The Morgan fingerprint density at radius 2 is 1.82 bits per heavy atom. The summed E-state index contributed by atoms with van der Waals surface area (Å²) in [6.45, 7) is 1.98. The summed E-state index contributed by atoms with van der Waals surface area (Å²) < 4.78 is 0.945. The Morgan fingerprint density at radius 1 is 1.06 bits per heavy atom. The van der Waals surface area contributed by atoms with E-state index in [-0.39, 0.29) is 0 Å². The van der Waals surface area contributed by atoms with Crippen LogP contribution < -0.4 is 0 Å². The van der Waals surface area contributed by atoms with Crippen molar-refractivity contribution in [2.75, 3.05) is 0 Å².